The number of alkyl halides is 3. The van der Waals surface area contributed by atoms with Gasteiger partial charge in [0.25, 0.3) is 0 Å². The van der Waals surface area contributed by atoms with Crippen LogP contribution in [0.2, 0.25) is 10.0 Å². The number of halogens is 5. The monoisotopic (exact) mass is 418 g/mol. The summed E-state index contributed by atoms with van der Waals surface area (Å²) in [5.41, 5.74) is -1.23. The van der Waals surface area contributed by atoms with E-state index in [1.807, 2.05) is 0 Å². The summed E-state index contributed by atoms with van der Waals surface area (Å²) in [6.45, 7) is 5.29. The van der Waals surface area contributed by atoms with Crippen molar-refractivity contribution in [3.05, 3.63) is 56.7 Å². The van der Waals surface area contributed by atoms with Crippen LogP contribution in [0.15, 0.2) is 29.3 Å². The number of hydrogen-bond acceptors (Lipinski definition) is 3. The molecule has 0 radical (unpaired) electrons. The zero-order valence-electron chi connectivity index (χ0n) is 14.2. The molecule has 0 unspecified atom stereocenters. The average Bonchev–Trinajstić information content (AvgIpc) is 2.51. The Morgan fingerprint density at radius 2 is 1.73 bits per heavy atom. The molecule has 26 heavy (non-hydrogen) atoms. The topological polar surface area (TPSA) is 36.7 Å². The maximum atomic E-state index is 13.4. The van der Waals surface area contributed by atoms with E-state index in [4.69, 9.17) is 23.2 Å². The van der Waals surface area contributed by atoms with E-state index in [1.54, 1.807) is 45.0 Å². The van der Waals surface area contributed by atoms with Crippen molar-refractivity contribution >= 4 is 35.0 Å². The van der Waals surface area contributed by atoms with Gasteiger partial charge in [-0.2, -0.15) is 18.4 Å². The Kier molecular flexibility index (Phi) is 6.17. The first-order valence-electron chi connectivity index (χ1n) is 7.53. The number of benzene rings is 1. The molecule has 0 spiro atoms. The molecule has 0 saturated carbocycles. The molecule has 0 fully saturated rings. The predicted molar refractivity (Wildman–Crippen MR) is 98.7 cm³/mol. The van der Waals surface area contributed by atoms with Crippen molar-refractivity contribution in [3.8, 4) is 6.07 Å². The van der Waals surface area contributed by atoms with E-state index in [0.717, 1.165) is 17.8 Å². The summed E-state index contributed by atoms with van der Waals surface area (Å²) in [5, 5.41) is 10.1. The van der Waals surface area contributed by atoms with Crippen LogP contribution >= 0.6 is 35.0 Å². The third kappa shape index (κ3) is 4.64. The fraction of sp³-hybridized carbons (Fsp3) is 0.333. The van der Waals surface area contributed by atoms with Crippen molar-refractivity contribution in [2.45, 2.75) is 43.1 Å². The largest absolute Gasteiger partial charge is 0.417 e. The third-order valence-electron chi connectivity index (χ3n) is 3.59. The Hall–Kier alpha value is -1.42. The van der Waals surface area contributed by atoms with Gasteiger partial charge in [0, 0.05) is 26.9 Å². The smallest absolute Gasteiger partial charge is 0.245 e. The Labute approximate surface area is 164 Å². The van der Waals surface area contributed by atoms with Gasteiger partial charge in [0.05, 0.1) is 11.1 Å². The van der Waals surface area contributed by atoms with Crippen molar-refractivity contribution in [1.29, 1.82) is 5.26 Å². The lowest BCUT2D eigenvalue weighted by atomic mass is 9.90. The lowest BCUT2D eigenvalue weighted by molar-refractivity contribution is -0.138. The van der Waals surface area contributed by atoms with Crippen LogP contribution in [0.4, 0.5) is 13.2 Å². The van der Waals surface area contributed by atoms with Gasteiger partial charge in [-0.1, -0.05) is 50.0 Å². The lowest BCUT2D eigenvalue weighted by Crippen LogP contribution is -2.18. The minimum Gasteiger partial charge on any atom is -0.245 e. The summed E-state index contributed by atoms with van der Waals surface area (Å²) in [5.74, 6) is 0.199. The highest BCUT2D eigenvalue weighted by Gasteiger charge is 2.37. The van der Waals surface area contributed by atoms with E-state index in [0.29, 0.717) is 15.6 Å². The first kappa shape index (κ1) is 20.9. The van der Waals surface area contributed by atoms with Crippen molar-refractivity contribution in [1.82, 2.24) is 4.98 Å². The molecule has 0 N–H and O–H groups in total. The van der Waals surface area contributed by atoms with Crippen molar-refractivity contribution in [2.75, 3.05) is 0 Å². The normalized spacial score (nSPS) is 12.1. The number of nitriles is 1. The first-order chi connectivity index (χ1) is 11.9. The van der Waals surface area contributed by atoms with E-state index in [9.17, 15) is 18.4 Å². The van der Waals surface area contributed by atoms with Gasteiger partial charge in [-0.15, -0.1) is 11.8 Å². The zero-order chi connectivity index (χ0) is 19.7. The number of pyridine rings is 1. The van der Waals surface area contributed by atoms with Crippen LogP contribution in [-0.2, 0) is 17.3 Å². The van der Waals surface area contributed by atoms with Crippen LogP contribution in [0.5, 0.6) is 0 Å². The van der Waals surface area contributed by atoms with Gasteiger partial charge in [0.15, 0.2) is 0 Å². The Balaban J connectivity index is 2.55. The second-order valence-electron chi connectivity index (χ2n) is 6.58. The maximum Gasteiger partial charge on any atom is 0.417 e. The Morgan fingerprint density at radius 3 is 2.19 bits per heavy atom. The quantitative estimate of drug-likeness (QED) is 0.510. The molecule has 0 saturated heterocycles. The minimum atomic E-state index is -4.65. The lowest BCUT2D eigenvalue weighted by Gasteiger charge is -2.21. The number of nitrogens with zero attached hydrogens (tertiary/aromatic N) is 2. The van der Waals surface area contributed by atoms with Crippen molar-refractivity contribution in [2.24, 2.45) is 0 Å². The zero-order valence-corrected chi connectivity index (χ0v) is 16.5. The predicted octanol–water partition coefficient (Wildman–Crippen LogP) is 6.87. The molecule has 0 amide bonds. The van der Waals surface area contributed by atoms with Gasteiger partial charge in [0.2, 0.25) is 0 Å². The van der Waals surface area contributed by atoms with Gasteiger partial charge in [-0.3, -0.25) is 0 Å². The van der Waals surface area contributed by atoms with Crippen LogP contribution in [0.1, 0.15) is 43.2 Å². The highest BCUT2D eigenvalue weighted by Crippen LogP contribution is 2.39. The molecular formula is C18H15Cl2F3N2S. The maximum absolute atomic E-state index is 13.4. The summed E-state index contributed by atoms with van der Waals surface area (Å²) in [6.07, 6.45) is -4.65. The van der Waals surface area contributed by atoms with E-state index in [2.05, 4.69) is 4.98 Å². The van der Waals surface area contributed by atoms with Crippen molar-refractivity contribution in [3.63, 3.8) is 0 Å². The third-order valence-corrected chi connectivity index (χ3v) is 5.30. The molecule has 1 heterocycles. The van der Waals surface area contributed by atoms with Crippen LogP contribution in [0.3, 0.4) is 0 Å². The standard InChI is InChI=1S/C18H15Cl2F3N2S/c1-17(2,3)15-7-12(18(21,22)23)10(8-24)16(25-15)26-9-11-13(19)5-4-6-14(11)20/h4-7H,9H2,1-3H3. The molecule has 0 aliphatic carbocycles. The summed E-state index contributed by atoms with van der Waals surface area (Å²) < 4.78 is 40.3. The van der Waals surface area contributed by atoms with E-state index < -0.39 is 22.7 Å². The van der Waals surface area contributed by atoms with Crippen LogP contribution in [0.25, 0.3) is 0 Å². The highest BCUT2D eigenvalue weighted by molar-refractivity contribution is 7.98. The molecule has 1 aromatic carbocycles. The highest BCUT2D eigenvalue weighted by atomic mass is 35.5. The molecule has 0 bridgehead atoms. The molecule has 2 aromatic rings. The molecule has 1 aromatic heterocycles. The van der Waals surface area contributed by atoms with Crippen molar-refractivity contribution < 1.29 is 13.2 Å². The second-order valence-corrected chi connectivity index (χ2v) is 8.36. The molecule has 138 valence electrons. The molecule has 2 nitrogen and oxygen atoms in total. The SMILES string of the molecule is CC(C)(C)c1cc(C(F)(F)F)c(C#N)c(SCc2c(Cl)cccc2Cl)n1. The second kappa shape index (κ2) is 7.67. The summed E-state index contributed by atoms with van der Waals surface area (Å²) >= 11 is 13.2. The van der Waals surface area contributed by atoms with Gasteiger partial charge >= 0.3 is 6.18 Å². The van der Waals surface area contributed by atoms with Gasteiger partial charge in [-0.05, 0) is 23.8 Å². The number of rotatable bonds is 3. The Bertz CT molecular complexity index is 848. The van der Waals surface area contributed by atoms with Gasteiger partial charge < -0.3 is 0 Å². The Morgan fingerprint density at radius 1 is 1.15 bits per heavy atom. The number of aromatic nitrogens is 1. The minimum absolute atomic E-state index is 0.0169. The summed E-state index contributed by atoms with van der Waals surface area (Å²) in [7, 11) is 0. The molecule has 0 aliphatic rings. The van der Waals surface area contributed by atoms with Crippen LogP contribution in [-0.4, -0.2) is 4.98 Å². The number of hydrogen-bond donors (Lipinski definition) is 0. The van der Waals surface area contributed by atoms with Gasteiger partial charge in [0.1, 0.15) is 11.1 Å². The molecule has 2 rings (SSSR count). The van der Waals surface area contributed by atoms with E-state index >= 15 is 0 Å². The molecule has 0 atom stereocenters. The fourth-order valence-corrected chi connectivity index (χ4v) is 3.90. The summed E-state index contributed by atoms with van der Waals surface area (Å²) in [6, 6.07) is 7.57. The molecule has 0 aliphatic heterocycles. The van der Waals surface area contributed by atoms with E-state index in [1.165, 1.54) is 0 Å². The molecule has 8 heteroatoms. The molecular weight excluding hydrogens is 404 g/mol. The average molecular weight is 419 g/mol. The summed E-state index contributed by atoms with van der Waals surface area (Å²) in [4.78, 5) is 4.32. The van der Waals surface area contributed by atoms with Crippen LogP contribution < -0.4 is 0 Å². The first-order valence-corrected chi connectivity index (χ1v) is 9.27. The number of thioether (sulfide) groups is 1. The van der Waals surface area contributed by atoms with Crippen LogP contribution in [0, 0.1) is 11.3 Å². The van der Waals surface area contributed by atoms with Gasteiger partial charge in [-0.25, -0.2) is 4.98 Å². The fourth-order valence-electron chi connectivity index (χ4n) is 2.15. The van der Waals surface area contributed by atoms with E-state index in [-0.39, 0.29) is 16.5 Å².